The Bertz CT molecular complexity index is 155. The van der Waals surface area contributed by atoms with Crippen molar-refractivity contribution in [2.24, 2.45) is 10.9 Å². The summed E-state index contributed by atoms with van der Waals surface area (Å²) in [6.07, 6.45) is 4.94. The zero-order valence-electron chi connectivity index (χ0n) is 6.76. The summed E-state index contributed by atoms with van der Waals surface area (Å²) in [7, 11) is 0. The maximum absolute atomic E-state index is 6.76. The van der Waals surface area contributed by atoms with Crippen LogP contribution in [-0.4, -0.2) is 12.1 Å². The standard InChI is InChI=1S/C8H14N2/c1-4-5-8(7(2)3)10-6-9/h4-7,9H,1-3H3/b5-4-,9-6?,10-8+. The largest absolute Gasteiger partial charge is 0.290 e. The first-order valence-corrected chi connectivity index (χ1v) is 3.41. The van der Waals surface area contributed by atoms with Gasteiger partial charge in [0, 0.05) is 5.71 Å². The van der Waals surface area contributed by atoms with E-state index in [1.165, 1.54) is 0 Å². The van der Waals surface area contributed by atoms with Gasteiger partial charge in [-0.3, -0.25) is 5.41 Å². The molecule has 1 N–H and O–H groups in total. The zero-order chi connectivity index (χ0) is 7.98. The minimum atomic E-state index is 0.401. The Morgan fingerprint density at radius 2 is 2.10 bits per heavy atom. The van der Waals surface area contributed by atoms with E-state index >= 15 is 0 Å². The third-order valence-electron chi connectivity index (χ3n) is 1.14. The molecule has 0 fully saturated rings. The van der Waals surface area contributed by atoms with E-state index in [0.29, 0.717) is 5.92 Å². The Morgan fingerprint density at radius 3 is 2.40 bits per heavy atom. The maximum atomic E-state index is 6.76. The quantitative estimate of drug-likeness (QED) is 0.459. The highest BCUT2D eigenvalue weighted by Gasteiger charge is 1.97. The van der Waals surface area contributed by atoms with Gasteiger partial charge in [0.15, 0.2) is 0 Å². The highest BCUT2D eigenvalue weighted by molar-refractivity contribution is 6.00. The van der Waals surface area contributed by atoms with Crippen molar-refractivity contribution in [3.8, 4) is 0 Å². The fourth-order valence-corrected chi connectivity index (χ4v) is 0.630. The van der Waals surface area contributed by atoms with E-state index in [4.69, 9.17) is 5.41 Å². The number of hydrogen-bond donors (Lipinski definition) is 1. The molecule has 0 radical (unpaired) electrons. The molecule has 0 aliphatic heterocycles. The zero-order valence-corrected chi connectivity index (χ0v) is 6.76. The molecule has 0 atom stereocenters. The van der Waals surface area contributed by atoms with Crippen molar-refractivity contribution >= 4 is 12.1 Å². The third kappa shape index (κ3) is 3.17. The number of hydrogen-bond acceptors (Lipinski definition) is 1. The molecule has 0 aliphatic rings. The van der Waals surface area contributed by atoms with Crippen molar-refractivity contribution in [2.45, 2.75) is 20.8 Å². The van der Waals surface area contributed by atoms with Crippen molar-refractivity contribution in [2.75, 3.05) is 0 Å². The summed E-state index contributed by atoms with van der Waals surface area (Å²) in [4.78, 5) is 3.88. The molecule has 0 aromatic rings. The van der Waals surface area contributed by atoms with Crippen molar-refractivity contribution < 1.29 is 0 Å². The molecule has 0 aromatic carbocycles. The van der Waals surface area contributed by atoms with Crippen LogP contribution in [0.2, 0.25) is 0 Å². The highest BCUT2D eigenvalue weighted by atomic mass is 14.8. The van der Waals surface area contributed by atoms with Gasteiger partial charge < -0.3 is 0 Å². The second-order valence-electron chi connectivity index (χ2n) is 2.34. The lowest BCUT2D eigenvalue weighted by Gasteiger charge is -2.01. The average molecular weight is 138 g/mol. The molecule has 0 rings (SSSR count). The Labute approximate surface area is 62.2 Å². The Hall–Kier alpha value is -0.920. The molecule has 0 saturated heterocycles. The topological polar surface area (TPSA) is 36.2 Å². The van der Waals surface area contributed by atoms with Crippen LogP contribution < -0.4 is 0 Å². The first-order chi connectivity index (χ1) is 4.72. The molecule has 0 aromatic heterocycles. The van der Waals surface area contributed by atoms with E-state index in [0.717, 1.165) is 12.1 Å². The van der Waals surface area contributed by atoms with Gasteiger partial charge >= 0.3 is 0 Å². The summed E-state index contributed by atoms with van der Waals surface area (Å²) in [5.74, 6) is 0.401. The van der Waals surface area contributed by atoms with Gasteiger partial charge in [0.1, 0.15) is 6.34 Å². The molecule has 0 saturated carbocycles. The monoisotopic (exact) mass is 138 g/mol. The van der Waals surface area contributed by atoms with Crippen LogP contribution in [0.4, 0.5) is 0 Å². The SMILES string of the molecule is C/C=C\C(=N/C=N)C(C)C. The van der Waals surface area contributed by atoms with Crippen LogP contribution in [-0.2, 0) is 0 Å². The van der Waals surface area contributed by atoms with Crippen LogP contribution in [0, 0.1) is 11.3 Å². The minimum absolute atomic E-state index is 0.401. The maximum Gasteiger partial charge on any atom is 0.107 e. The van der Waals surface area contributed by atoms with Gasteiger partial charge in [0.05, 0.1) is 0 Å². The first-order valence-electron chi connectivity index (χ1n) is 3.41. The molecule has 56 valence electrons. The molecule has 0 bridgehead atoms. The molecular formula is C8H14N2. The average Bonchev–Trinajstić information content (AvgIpc) is 1.87. The highest BCUT2D eigenvalue weighted by Crippen LogP contribution is 1.97. The van der Waals surface area contributed by atoms with Gasteiger partial charge in [-0.15, -0.1) is 0 Å². The van der Waals surface area contributed by atoms with Gasteiger partial charge in [-0.05, 0) is 18.9 Å². The smallest absolute Gasteiger partial charge is 0.107 e. The van der Waals surface area contributed by atoms with Gasteiger partial charge in [0.2, 0.25) is 0 Å². The summed E-state index contributed by atoms with van der Waals surface area (Å²) in [6, 6.07) is 0. The number of allylic oxidation sites excluding steroid dienone is 2. The van der Waals surface area contributed by atoms with Crippen molar-refractivity contribution in [3.63, 3.8) is 0 Å². The summed E-state index contributed by atoms with van der Waals surface area (Å²) in [5.41, 5.74) is 0.956. The number of nitrogens with one attached hydrogen (secondary N) is 1. The molecule has 2 nitrogen and oxygen atoms in total. The van der Waals surface area contributed by atoms with Crippen LogP contribution in [0.15, 0.2) is 17.1 Å². The molecular weight excluding hydrogens is 124 g/mol. The predicted octanol–water partition coefficient (Wildman–Crippen LogP) is 2.27. The van der Waals surface area contributed by atoms with Gasteiger partial charge in [-0.25, -0.2) is 4.99 Å². The molecule has 0 spiro atoms. The molecule has 0 amide bonds. The lowest BCUT2D eigenvalue weighted by atomic mass is 10.1. The number of aliphatic imine (C=N–C) groups is 1. The number of nitrogens with zero attached hydrogens (tertiary/aromatic N) is 1. The molecule has 10 heavy (non-hydrogen) atoms. The predicted molar refractivity (Wildman–Crippen MR) is 45.9 cm³/mol. The second kappa shape index (κ2) is 4.91. The lowest BCUT2D eigenvalue weighted by Crippen LogP contribution is -2.03. The third-order valence-corrected chi connectivity index (χ3v) is 1.14. The minimum Gasteiger partial charge on any atom is -0.290 e. The van der Waals surface area contributed by atoms with Crippen LogP contribution in [0.1, 0.15) is 20.8 Å². The molecule has 0 aliphatic carbocycles. The fraction of sp³-hybridized carbons (Fsp3) is 0.500. The second-order valence-corrected chi connectivity index (χ2v) is 2.34. The van der Waals surface area contributed by atoms with E-state index < -0.39 is 0 Å². The van der Waals surface area contributed by atoms with Gasteiger partial charge in [-0.2, -0.15) is 0 Å². The Balaban J connectivity index is 4.25. The summed E-state index contributed by atoms with van der Waals surface area (Å²) in [5, 5.41) is 6.76. The van der Waals surface area contributed by atoms with E-state index in [2.05, 4.69) is 18.8 Å². The Morgan fingerprint density at radius 1 is 1.50 bits per heavy atom. The van der Waals surface area contributed by atoms with Crippen molar-refractivity contribution in [3.05, 3.63) is 12.2 Å². The van der Waals surface area contributed by atoms with Crippen LogP contribution in [0.25, 0.3) is 0 Å². The van der Waals surface area contributed by atoms with E-state index in [1.807, 2.05) is 19.1 Å². The normalized spacial score (nSPS) is 13.0. The number of rotatable bonds is 3. The summed E-state index contributed by atoms with van der Waals surface area (Å²) >= 11 is 0. The lowest BCUT2D eigenvalue weighted by molar-refractivity contribution is 0.891. The van der Waals surface area contributed by atoms with E-state index in [-0.39, 0.29) is 0 Å². The first kappa shape index (κ1) is 9.08. The van der Waals surface area contributed by atoms with E-state index in [1.54, 1.807) is 0 Å². The van der Waals surface area contributed by atoms with Crippen LogP contribution in [0.5, 0.6) is 0 Å². The molecule has 0 heterocycles. The van der Waals surface area contributed by atoms with Crippen molar-refractivity contribution in [1.29, 1.82) is 5.41 Å². The van der Waals surface area contributed by atoms with Gasteiger partial charge in [-0.1, -0.05) is 19.9 Å². The summed E-state index contributed by atoms with van der Waals surface area (Å²) in [6.45, 7) is 6.06. The Kier molecular flexibility index (Phi) is 4.46. The molecule has 0 unspecified atom stereocenters. The van der Waals surface area contributed by atoms with E-state index in [9.17, 15) is 0 Å². The van der Waals surface area contributed by atoms with Crippen LogP contribution >= 0.6 is 0 Å². The van der Waals surface area contributed by atoms with Gasteiger partial charge in [0.25, 0.3) is 0 Å². The van der Waals surface area contributed by atoms with Crippen molar-refractivity contribution in [1.82, 2.24) is 0 Å². The summed E-state index contributed by atoms with van der Waals surface area (Å²) < 4.78 is 0. The van der Waals surface area contributed by atoms with Crippen LogP contribution in [0.3, 0.4) is 0 Å². The fourth-order valence-electron chi connectivity index (χ4n) is 0.630. The molecule has 2 heteroatoms.